The summed E-state index contributed by atoms with van der Waals surface area (Å²) in [5.41, 5.74) is 2.44. The fraction of sp³-hybridized carbons (Fsp3) is 0.294. The van der Waals surface area contributed by atoms with E-state index in [9.17, 15) is 0 Å². The zero-order valence-electron chi connectivity index (χ0n) is 11.8. The highest BCUT2D eigenvalue weighted by atomic mass is 79.9. The highest BCUT2D eigenvalue weighted by molar-refractivity contribution is 9.10. The minimum atomic E-state index is 0.0615. The van der Waals surface area contributed by atoms with E-state index in [1.54, 1.807) is 0 Å². The van der Waals surface area contributed by atoms with Crippen molar-refractivity contribution in [3.8, 4) is 5.75 Å². The van der Waals surface area contributed by atoms with Gasteiger partial charge in [0.25, 0.3) is 0 Å². The lowest BCUT2D eigenvalue weighted by Gasteiger charge is -2.33. The predicted octanol–water partition coefficient (Wildman–Crippen LogP) is 5.39. The number of halogens is 2. The Bertz CT molecular complexity index is 644. The average Bonchev–Trinajstić information content (AvgIpc) is 2.47. The molecule has 1 aliphatic rings. The molecule has 110 valence electrons. The molecule has 1 heterocycles. The highest BCUT2D eigenvalue weighted by Crippen LogP contribution is 2.43. The number of rotatable bonds is 3. The molecule has 0 amide bonds. The average molecular weight is 411 g/mol. The summed E-state index contributed by atoms with van der Waals surface area (Å²) in [6, 6.07) is 14.9. The molecule has 2 aromatic carbocycles. The van der Waals surface area contributed by atoms with Gasteiger partial charge in [0.05, 0.1) is 0 Å². The lowest BCUT2D eigenvalue weighted by molar-refractivity contribution is 0.151. The van der Waals surface area contributed by atoms with Crippen molar-refractivity contribution in [2.75, 3.05) is 6.54 Å². The van der Waals surface area contributed by atoms with Crippen molar-refractivity contribution in [3.63, 3.8) is 0 Å². The Morgan fingerprint density at radius 2 is 1.95 bits per heavy atom. The maximum atomic E-state index is 6.26. The Balaban J connectivity index is 1.98. The molecule has 21 heavy (non-hydrogen) atoms. The molecule has 2 unspecified atom stereocenters. The van der Waals surface area contributed by atoms with Gasteiger partial charge in [0.1, 0.15) is 11.9 Å². The summed E-state index contributed by atoms with van der Waals surface area (Å²) >= 11 is 7.17. The summed E-state index contributed by atoms with van der Waals surface area (Å²) in [6.07, 6.45) is 0.997. The normalized spacial score (nSPS) is 20.7. The molecule has 0 fully saturated rings. The predicted molar refractivity (Wildman–Crippen MR) is 92.7 cm³/mol. The van der Waals surface area contributed by atoms with Crippen LogP contribution in [0, 0.1) is 0 Å². The third-order valence-corrected chi connectivity index (χ3v) is 4.99. The van der Waals surface area contributed by atoms with Gasteiger partial charge in [0, 0.05) is 32.5 Å². The summed E-state index contributed by atoms with van der Waals surface area (Å²) in [7, 11) is 0. The van der Waals surface area contributed by atoms with E-state index in [-0.39, 0.29) is 6.10 Å². The van der Waals surface area contributed by atoms with Crippen molar-refractivity contribution in [2.24, 2.45) is 0 Å². The lowest BCUT2D eigenvalue weighted by Crippen LogP contribution is -2.29. The first kappa shape index (κ1) is 15.1. The summed E-state index contributed by atoms with van der Waals surface area (Å²) in [4.78, 5) is 0. The van der Waals surface area contributed by atoms with E-state index in [4.69, 9.17) is 4.74 Å². The van der Waals surface area contributed by atoms with Crippen molar-refractivity contribution in [1.82, 2.24) is 5.32 Å². The molecule has 3 rings (SSSR count). The van der Waals surface area contributed by atoms with Crippen molar-refractivity contribution in [1.29, 1.82) is 0 Å². The standard InChI is InChI=1S/C17H17Br2NO/c1-2-20-15-10-17(12-5-3-4-6-14(12)19)21-16-9-11(18)7-8-13(15)16/h3-9,15,17,20H,2,10H2,1H3. The number of hydrogen-bond donors (Lipinski definition) is 1. The van der Waals surface area contributed by atoms with Crippen LogP contribution in [0.1, 0.15) is 36.6 Å². The van der Waals surface area contributed by atoms with Crippen LogP contribution in [-0.2, 0) is 0 Å². The molecule has 2 nitrogen and oxygen atoms in total. The van der Waals surface area contributed by atoms with Crippen LogP contribution in [0.3, 0.4) is 0 Å². The minimum absolute atomic E-state index is 0.0615. The van der Waals surface area contributed by atoms with E-state index < -0.39 is 0 Å². The zero-order valence-corrected chi connectivity index (χ0v) is 14.9. The van der Waals surface area contributed by atoms with Gasteiger partial charge < -0.3 is 10.1 Å². The van der Waals surface area contributed by atoms with Gasteiger partial charge in [-0.1, -0.05) is 63.0 Å². The molecule has 2 aromatic rings. The van der Waals surface area contributed by atoms with Crippen LogP contribution in [0.4, 0.5) is 0 Å². The van der Waals surface area contributed by atoms with Crippen LogP contribution in [0.2, 0.25) is 0 Å². The molecule has 0 saturated heterocycles. The van der Waals surface area contributed by atoms with E-state index in [0.717, 1.165) is 27.7 Å². The first-order valence-corrected chi connectivity index (χ1v) is 8.71. The van der Waals surface area contributed by atoms with Crippen LogP contribution < -0.4 is 10.1 Å². The Kier molecular flexibility index (Phi) is 4.67. The monoisotopic (exact) mass is 409 g/mol. The summed E-state index contributed by atoms with van der Waals surface area (Å²) < 4.78 is 8.40. The zero-order chi connectivity index (χ0) is 14.8. The van der Waals surface area contributed by atoms with Gasteiger partial charge in [-0.3, -0.25) is 0 Å². The first-order valence-electron chi connectivity index (χ1n) is 7.13. The maximum Gasteiger partial charge on any atom is 0.127 e. The fourth-order valence-electron chi connectivity index (χ4n) is 2.81. The number of fused-ring (bicyclic) bond motifs is 1. The number of hydrogen-bond acceptors (Lipinski definition) is 2. The first-order chi connectivity index (χ1) is 10.2. The van der Waals surface area contributed by atoms with Gasteiger partial charge in [-0.05, 0) is 24.7 Å². The molecule has 0 spiro atoms. The highest BCUT2D eigenvalue weighted by Gasteiger charge is 2.29. The van der Waals surface area contributed by atoms with Crippen LogP contribution in [0.5, 0.6) is 5.75 Å². The Hall–Kier alpha value is -0.840. The van der Waals surface area contributed by atoms with Crippen LogP contribution in [-0.4, -0.2) is 6.54 Å². The molecule has 0 aromatic heterocycles. The molecule has 2 atom stereocenters. The second kappa shape index (κ2) is 6.51. The van der Waals surface area contributed by atoms with E-state index in [2.05, 4.69) is 80.5 Å². The topological polar surface area (TPSA) is 21.3 Å². The van der Waals surface area contributed by atoms with Gasteiger partial charge in [0.15, 0.2) is 0 Å². The van der Waals surface area contributed by atoms with Crippen LogP contribution >= 0.6 is 31.9 Å². The van der Waals surface area contributed by atoms with Gasteiger partial charge >= 0.3 is 0 Å². The van der Waals surface area contributed by atoms with Crippen molar-refractivity contribution in [2.45, 2.75) is 25.5 Å². The molecular weight excluding hydrogens is 394 g/mol. The van der Waals surface area contributed by atoms with E-state index in [1.165, 1.54) is 11.1 Å². The van der Waals surface area contributed by atoms with Crippen LogP contribution in [0.25, 0.3) is 0 Å². The maximum absolute atomic E-state index is 6.26. The molecular formula is C17H17Br2NO. The molecule has 1 aliphatic heterocycles. The van der Waals surface area contributed by atoms with Crippen LogP contribution in [0.15, 0.2) is 51.4 Å². The Morgan fingerprint density at radius 1 is 1.14 bits per heavy atom. The van der Waals surface area contributed by atoms with Gasteiger partial charge in [-0.25, -0.2) is 0 Å². The Morgan fingerprint density at radius 3 is 2.71 bits per heavy atom. The minimum Gasteiger partial charge on any atom is -0.485 e. The van der Waals surface area contributed by atoms with Crippen molar-refractivity contribution >= 4 is 31.9 Å². The van der Waals surface area contributed by atoms with Gasteiger partial charge in [-0.15, -0.1) is 0 Å². The van der Waals surface area contributed by atoms with E-state index >= 15 is 0 Å². The largest absolute Gasteiger partial charge is 0.485 e. The summed E-state index contributed by atoms with van der Waals surface area (Å²) in [5, 5.41) is 3.57. The van der Waals surface area contributed by atoms with Gasteiger partial charge in [0.2, 0.25) is 0 Å². The van der Waals surface area contributed by atoms with E-state index in [1.807, 2.05) is 6.07 Å². The third kappa shape index (κ3) is 3.17. The molecule has 0 bridgehead atoms. The van der Waals surface area contributed by atoms with Gasteiger partial charge in [-0.2, -0.15) is 0 Å². The number of benzene rings is 2. The fourth-order valence-corrected chi connectivity index (χ4v) is 3.69. The number of nitrogens with one attached hydrogen (secondary N) is 1. The summed E-state index contributed by atoms with van der Waals surface area (Å²) in [5.74, 6) is 0.960. The lowest BCUT2D eigenvalue weighted by atomic mass is 9.93. The van der Waals surface area contributed by atoms with Crippen molar-refractivity contribution < 1.29 is 4.74 Å². The smallest absolute Gasteiger partial charge is 0.127 e. The molecule has 0 saturated carbocycles. The van der Waals surface area contributed by atoms with Crippen molar-refractivity contribution in [3.05, 3.63) is 62.5 Å². The molecule has 1 N–H and O–H groups in total. The molecule has 0 radical (unpaired) electrons. The molecule has 4 heteroatoms. The second-order valence-electron chi connectivity index (χ2n) is 5.16. The molecule has 0 aliphatic carbocycles. The SMILES string of the molecule is CCNC1CC(c2ccccc2Br)Oc2cc(Br)ccc21. The Labute approximate surface area is 142 Å². The summed E-state index contributed by atoms with van der Waals surface area (Å²) in [6.45, 7) is 3.09. The third-order valence-electron chi connectivity index (χ3n) is 3.77. The quantitative estimate of drug-likeness (QED) is 0.732. The number of ether oxygens (including phenoxy) is 1. The second-order valence-corrected chi connectivity index (χ2v) is 6.93. The van der Waals surface area contributed by atoms with E-state index in [0.29, 0.717) is 6.04 Å².